The van der Waals surface area contributed by atoms with E-state index < -0.39 is 5.60 Å². The Hall–Kier alpha value is -0.990. The zero-order valence-corrected chi connectivity index (χ0v) is 25.7. The van der Waals surface area contributed by atoms with E-state index in [1.54, 1.807) is 0 Å². The quantitative estimate of drug-likeness (QED) is 0.375. The lowest BCUT2D eigenvalue weighted by molar-refractivity contribution is -0.230. The molecule has 1 amide bonds. The fraction of sp³-hybridized carbons (Fsp3) is 0.912. The molecule has 37 heavy (non-hydrogen) atoms. The van der Waals surface area contributed by atoms with E-state index in [4.69, 9.17) is 4.74 Å². The van der Waals surface area contributed by atoms with Gasteiger partial charge in [0, 0.05) is 5.54 Å². The van der Waals surface area contributed by atoms with Crippen molar-refractivity contribution >= 4 is 6.09 Å². The molecule has 3 nitrogen and oxygen atoms in total. The van der Waals surface area contributed by atoms with Gasteiger partial charge in [-0.05, 0) is 143 Å². The van der Waals surface area contributed by atoms with Crippen molar-refractivity contribution in [3.8, 4) is 0 Å². The van der Waals surface area contributed by atoms with Crippen molar-refractivity contribution in [2.45, 2.75) is 144 Å². The van der Waals surface area contributed by atoms with Crippen LogP contribution in [0.1, 0.15) is 133 Å². The largest absolute Gasteiger partial charge is 0.444 e. The molecule has 5 aliphatic carbocycles. The van der Waals surface area contributed by atoms with Gasteiger partial charge in [0.05, 0.1) is 0 Å². The molecule has 0 aliphatic heterocycles. The van der Waals surface area contributed by atoms with Gasteiger partial charge in [-0.2, -0.15) is 0 Å². The van der Waals surface area contributed by atoms with E-state index in [0.717, 1.165) is 31.1 Å². The molecule has 5 saturated carbocycles. The summed E-state index contributed by atoms with van der Waals surface area (Å²) in [5.74, 6) is 3.29. The highest BCUT2D eigenvalue weighted by Crippen LogP contribution is 2.76. The lowest BCUT2D eigenvalue weighted by atomic mass is 9.33. The molecule has 0 heterocycles. The maximum Gasteiger partial charge on any atom is 0.408 e. The minimum absolute atomic E-state index is 0.146. The van der Waals surface area contributed by atoms with Crippen LogP contribution in [0.4, 0.5) is 4.79 Å². The van der Waals surface area contributed by atoms with Crippen molar-refractivity contribution in [1.29, 1.82) is 0 Å². The summed E-state index contributed by atoms with van der Waals surface area (Å²) in [6.07, 6.45) is 14.0. The fourth-order valence-electron chi connectivity index (χ4n) is 12.0. The maximum absolute atomic E-state index is 13.2. The molecule has 9 atom stereocenters. The van der Waals surface area contributed by atoms with Crippen molar-refractivity contribution in [2.24, 2.45) is 51.2 Å². The summed E-state index contributed by atoms with van der Waals surface area (Å²) < 4.78 is 5.83. The zero-order chi connectivity index (χ0) is 27.2. The highest BCUT2D eigenvalue weighted by molar-refractivity contribution is 5.69. The van der Waals surface area contributed by atoms with Gasteiger partial charge < -0.3 is 10.1 Å². The van der Waals surface area contributed by atoms with Gasteiger partial charge in [0.1, 0.15) is 5.60 Å². The van der Waals surface area contributed by atoms with E-state index in [2.05, 4.69) is 53.4 Å². The Morgan fingerprint density at radius 2 is 1.54 bits per heavy atom. The maximum atomic E-state index is 13.2. The normalized spacial score (nSPS) is 48.6. The van der Waals surface area contributed by atoms with Gasteiger partial charge in [0.2, 0.25) is 0 Å². The molecular weight excluding hydrogens is 454 g/mol. The third kappa shape index (κ3) is 3.97. The van der Waals surface area contributed by atoms with Crippen LogP contribution in [0.3, 0.4) is 0 Å². The van der Waals surface area contributed by atoms with Crippen LogP contribution in [0.25, 0.3) is 0 Å². The van der Waals surface area contributed by atoms with Crippen LogP contribution in [-0.2, 0) is 4.74 Å². The van der Waals surface area contributed by atoms with E-state index >= 15 is 0 Å². The topological polar surface area (TPSA) is 38.3 Å². The van der Waals surface area contributed by atoms with Gasteiger partial charge in [-0.1, -0.05) is 53.2 Å². The molecule has 0 aromatic carbocycles. The third-order valence-electron chi connectivity index (χ3n) is 13.6. The standard InChI is InChI=1S/C34H57NO2/c1-22(2)23-14-19-34(35-28(36)37-29(3,4)5)21-20-32(9)24(27(23)34)12-13-26-31(8)17-11-16-30(6,7)25(31)15-18-33(26,32)10/h23-27H,1,11-21H2,2-10H3,(H,35,36)/t23-,24?,25?,26?,27?,31?,32+,33?,34?/m0/s1. The predicted molar refractivity (Wildman–Crippen MR) is 153 cm³/mol. The molecule has 210 valence electrons. The van der Waals surface area contributed by atoms with Crippen molar-refractivity contribution in [2.75, 3.05) is 0 Å². The Bertz CT molecular complexity index is 946. The summed E-state index contributed by atoms with van der Waals surface area (Å²) in [4.78, 5) is 13.2. The molecule has 5 fully saturated rings. The molecule has 0 aromatic rings. The number of rotatable bonds is 2. The number of hydrogen-bond donors (Lipinski definition) is 1. The molecule has 1 N–H and O–H groups in total. The lowest BCUT2D eigenvalue weighted by Crippen LogP contribution is -2.68. The number of carbonyl (C=O) groups is 1. The molecular formula is C34H57NO2. The van der Waals surface area contributed by atoms with Crippen LogP contribution >= 0.6 is 0 Å². The minimum Gasteiger partial charge on any atom is -0.444 e. The summed E-state index contributed by atoms with van der Waals surface area (Å²) in [6, 6.07) is 0. The van der Waals surface area contributed by atoms with Crippen LogP contribution < -0.4 is 5.32 Å². The second kappa shape index (κ2) is 8.50. The lowest BCUT2D eigenvalue weighted by Gasteiger charge is -2.72. The Labute approximate surface area is 228 Å². The van der Waals surface area contributed by atoms with Crippen molar-refractivity contribution in [3.63, 3.8) is 0 Å². The van der Waals surface area contributed by atoms with Gasteiger partial charge in [-0.25, -0.2) is 4.79 Å². The predicted octanol–water partition coefficient (Wildman–Crippen LogP) is 9.31. The Kier molecular flexibility index (Phi) is 6.34. The minimum atomic E-state index is -0.473. The number of nitrogens with one attached hydrogen (secondary N) is 1. The summed E-state index contributed by atoms with van der Waals surface area (Å²) in [7, 11) is 0. The number of allylic oxidation sites excluding steroid dienone is 1. The second-order valence-electron chi connectivity index (χ2n) is 16.8. The molecule has 0 bridgehead atoms. The van der Waals surface area contributed by atoms with Crippen LogP contribution in [-0.4, -0.2) is 17.2 Å². The number of hydrogen-bond acceptors (Lipinski definition) is 2. The molecule has 0 spiro atoms. The number of carbonyl (C=O) groups excluding carboxylic acids is 1. The second-order valence-corrected chi connectivity index (χ2v) is 16.8. The highest BCUT2D eigenvalue weighted by Gasteiger charge is 2.70. The first kappa shape index (κ1) is 27.6. The monoisotopic (exact) mass is 511 g/mol. The number of amides is 1. The van der Waals surface area contributed by atoms with Crippen LogP contribution in [0.5, 0.6) is 0 Å². The first-order valence-corrected chi connectivity index (χ1v) is 15.7. The van der Waals surface area contributed by atoms with Crippen molar-refractivity contribution in [1.82, 2.24) is 5.32 Å². The smallest absolute Gasteiger partial charge is 0.408 e. The van der Waals surface area contributed by atoms with Gasteiger partial charge in [-0.15, -0.1) is 0 Å². The Morgan fingerprint density at radius 3 is 2.19 bits per heavy atom. The van der Waals surface area contributed by atoms with Crippen LogP contribution in [0, 0.1) is 51.2 Å². The van der Waals surface area contributed by atoms with Crippen LogP contribution in [0.2, 0.25) is 0 Å². The Balaban J connectivity index is 1.51. The average Bonchev–Trinajstić information content (AvgIpc) is 3.11. The van der Waals surface area contributed by atoms with Crippen molar-refractivity contribution < 1.29 is 9.53 Å². The molecule has 5 rings (SSSR count). The van der Waals surface area contributed by atoms with Gasteiger partial charge in [0.25, 0.3) is 0 Å². The van der Waals surface area contributed by atoms with E-state index in [9.17, 15) is 4.79 Å². The third-order valence-corrected chi connectivity index (χ3v) is 13.6. The van der Waals surface area contributed by atoms with E-state index in [1.807, 2.05) is 20.8 Å². The molecule has 0 aromatic heterocycles. The molecule has 0 saturated heterocycles. The fourth-order valence-corrected chi connectivity index (χ4v) is 12.0. The number of alkyl carbamates (subject to hydrolysis) is 1. The highest BCUT2D eigenvalue weighted by atomic mass is 16.6. The van der Waals surface area contributed by atoms with E-state index in [0.29, 0.717) is 39.4 Å². The van der Waals surface area contributed by atoms with E-state index in [-0.39, 0.29) is 11.6 Å². The summed E-state index contributed by atoms with van der Waals surface area (Å²) >= 11 is 0. The van der Waals surface area contributed by atoms with Gasteiger partial charge >= 0.3 is 6.09 Å². The zero-order valence-electron chi connectivity index (χ0n) is 25.7. The molecule has 3 heteroatoms. The summed E-state index contributed by atoms with van der Waals surface area (Å²) in [6.45, 7) is 25.9. The molecule has 5 aliphatic rings. The molecule has 7 unspecified atom stereocenters. The Morgan fingerprint density at radius 1 is 0.838 bits per heavy atom. The first-order valence-electron chi connectivity index (χ1n) is 15.7. The SMILES string of the molecule is C=C(C)[C@@H]1CCC2(NC(=O)OC(C)(C)C)CC[C@]3(C)C(CCC4C5(C)CCCC(C)(C)C5CCC43C)C12. The van der Waals surface area contributed by atoms with E-state index in [1.165, 1.54) is 56.9 Å². The van der Waals surface area contributed by atoms with Gasteiger partial charge in [-0.3, -0.25) is 0 Å². The number of ether oxygens (including phenoxy) is 1. The average molecular weight is 512 g/mol. The summed E-state index contributed by atoms with van der Waals surface area (Å²) in [5.41, 5.74) is 2.32. The molecule has 0 radical (unpaired) electrons. The van der Waals surface area contributed by atoms with Gasteiger partial charge in [0.15, 0.2) is 0 Å². The summed E-state index contributed by atoms with van der Waals surface area (Å²) in [5, 5.41) is 3.53. The van der Waals surface area contributed by atoms with Crippen LogP contribution in [0.15, 0.2) is 12.2 Å². The first-order chi connectivity index (χ1) is 17.0. The van der Waals surface area contributed by atoms with Crippen molar-refractivity contribution in [3.05, 3.63) is 12.2 Å². The number of fused-ring (bicyclic) bond motifs is 7.